The fourth-order valence-electron chi connectivity index (χ4n) is 3.33. The second-order valence-electron chi connectivity index (χ2n) is 6.73. The van der Waals surface area contributed by atoms with E-state index in [1.807, 2.05) is 13.8 Å². The molecule has 2 aliphatic rings. The molecule has 0 radical (unpaired) electrons. The normalized spacial score (nSPS) is 25.6. The van der Waals surface area contributed by atoms with Crippen molar-refractivity contribution in [3.8, 4) is 0 Å². The van der Waals surface area contributed by atoms with Gasteiger partial charge in [0.15, 0.2) is 15.7 Å². The summed E-state index contributed by atoms with van der Waals surface area (Å²) in [5.41, 5.74) is 0. The molecule has 2 atom stereocenters. The molecule has 1 saturated heterocycles. The highest BCUT2D eigenvalue weighted by molar-refractivity contribution is 7.91. The van der Waals surface area contributed by atoms with Crippen molar-refractivity contribution in [1.29, 1.82) is 0 Å². The molecule has 1 aromatic heterocycles. The van der Waals surface area contributed by atoms with Gasteiger partial charge in [0.25, 0.3) is 0 Å². The van der Waals surface area contributed by atoms with Crippen LogP contribution in [0.15, 0.2) is 0 Å². The van der Waals surface area contributed by atoms with Gasteiger partial charge in [-0.2, -0.15) is 0 Å². The van der Waals surface area contributed by atoms with Gasteiger partial charge >= 0.3 is 0 Å². The van der Waals surface area contributed by atoms with Crippen LogP contribution in [0.4, 0.5) is 0 Å². The zero-order chi connectivity index (χ0) is 16.6. The minimum absolute atomic E-state index is 0.0956. The van der Waals surface area contributed by atoms with E-state index in [-0.39, 0.29) is 29.8 Å². The third-order valence-electron chi connectivity index (χ3n) is 4.63. The average molecular weight is 341 g/mol. The van der Waals surface area contributed by atoms with Gasteiger partial charge in [-0.05, 0) is 56.4 Å². The molecule has 1 aliphatic heterocycles. The lowest BCUT2D eigenvalue weighted by Gasteiger charge is -2.39. The van der Waals surface area contributed by atoms with Crippen LogP contribution < -0.4 is 0 Å². The third kappa shape index (κ3) is 3.70. The molecule has 8 nitrogen and oxygen atoms in total. The first kappa shape index (κ1) is 16.4. The molecule has 1 amide bonds. The Morgan fingerprint density at radius 1 is 1.17 bits per heavy atom. The summed E-state index contributed by atoms with van der Waals surface area (Å²) in [6, 6.07) is 0.407. The highest BCUT2D eigenvalue weighted by Gasteiger charge is 2.33. The minimum atomic E-state index is -3.58. The van der Waals surface area contributed by atoms with Crippen molar-refractivity contribution in [2.24, 2.45) is 0 Å². The molecule has 1 aliphatic carbocycles. The number of carbonyl (C=O) groups is 1. The Kier molecular flexibility index (Phi) is 4.39. The van der Waals surface area contributed by atoms with Gasteiger partial charge in [0.1, 0.15) is 11.5 Å². The summed E-state index contributed by atoms with van der Waals surface area (Å²) >= 11 is 0. The molecule has 0 N–H and O–H groups in total. The van der Waals surface area contributed by atoms with Crippen LogP contribution in [0.5, 0.6) is 0 Å². The van der Waals surface area contributed by atoms with Gasteiger partial charge < -0.3 is 4.90 Å². The van der Waals surface area contributed by atoms with Crippen LogP contribution in [0.2, 0.25) is 0 Å². The molecule has 2 heterocycles. The minimum Gasteiger partial charge on any atom is -0.336 e. The van der Waals surface area contributed by atoms with Crippen molar-refractivity contribution >= 4 is 15.7 Å². The van der Waals surface area contributed by atoms with E-state index in [4.69, 9.17) is 0 Å². The molecule has 3 rings (SSSR count). The number of rotatable bonds is 5. The van der Waals surface area contributed by atoms with Crippen molar-refractivity contribution in [3.63, 3.8) is 0 Å². The fourth-order valence-corrected chi connectivity index (χ4v) is 4.54. The average Bonchev–Trinajstić information content (AvgIpc) is 3.18. The highest BCUT2D eigenvalue weighted by Crippen LogP contribution is 2.34. The first-order chi connectivity index (χ1) is 10.9. The lowest BCUT2D eigenvalue weighted by molar-refractivity contribution is -0.134. The first-order valence-electron chi connectivity index (χ1n) is 8.16. The number of hydrogen-bond acceptors (Lipinski definition) is 6. The first-order valence-corrected chi connectivity index (χ1v) is 9.98. The summed E-state index contributed by atoms with van der Waals surface area (Å²) in [5.74, 6) is -0.729. The number of carbonyl (C=O) groups excluding carboxylic acids is 1. The van der Waals surface area contributed by atoms with E-state index in [0.717, 1.165) is 32.1 Å². The van der Waals surface area contributed by atoms with Crippen LogP contribution in [-0.2, 0) is 20.4 Å². The van der Waals surface area contributed by atoms with E-state index in [0.29, 0.717) is 5.82 Å². The van der Waals surface area contributed by atoms with E-state index in [1.165, 1.54) is 0 Å². The topological polar surface area (TPSA) is 98.1 Å². The zero-order valence-electron chi connectivity index (χ0n) is 13.6. The van der Waals surface area contributed by atoms with Gasteiger partial charge in [-0.3, -0.25) is 4.79 Å². The predicted octanol–water partition coefficient (Wildman–Crippen LogP) is 0.712. The van der Waals surface area contributed by atoms with Crippen LogP contribution >= 0.6 is 0 Å². The van der Waals surface area contributed by atoms with E-state index < -0.39 is 15.6 Å². The molecule has 0 bridgehead atoms. The Morgan fingerprint density at radius 3 is 2.43 bits per heavy atom. The van der Waals surface area contributed by atoms with Crippen molar-refractivity contribution in [2.75, 3.05) is 5.75 Å². The molecule has 0 unspecified atom stereocenters. The molecule has 1 saturated carbocycles. The van der Waals surface area contributed by atoms with Crippen LogP contribution in [0.1, 0.15) is 57.8 Å². The summed E-state index contributed by atoms with van der Waals surface area (Å²) in [4.78, 5) is 14.2. The van der Waals surface area contributed by atoms with Gasteiger partial charge in [-0.15, -0.1) is 5.10 Å². The molecule has 9 heteroatoms. The second kappa shape index (κ2) is 6.18. The monoisotopic (exact) mass is 341 g/mol. The molecule has 2 fully saturated rings. The Labute approximate surface area is 136 Å². The quantitative estimate of drug-likeness (QED) is 0.782. The Morgan fingerprint density at radius 2 is 1.83 bits per heavy atom. The van der Waals surface area contributed by atoms with Gasteiger partial charge in [0, 0.05) is 12.1 Å². The van der Waals surface area contributed by atoms with Crippen LogP contribution in [0, 0.1) is 0 Å². The zero-order valence-corrected chi connectivity index (χ0v) is 14.4. The molecular weight excluding hydrogens is 318 g/mol. The Hall–Kier alpha value is -1.51. The maximum atomic E-state index is 12.5. The second-order valence-corrected chi connectivity index (χ2v) is 8.80. The van der Waals surface area contributed by atoms with Gasteiger partial charge in [-0.25, -0.2) is 13.1 Å². The largest absolute Gasteiger partial charge is 0.336 e. The predicted molar refractivity (Wildman–Crippen MR) is 83.2 cm³/mol. The molecule has 0 spiro atoms. The summed E-state index contributed by atoms with van der Waals surface area (Å²) in [6.07, 6.45) is 4.88. The van der Waals surface area contributed by atoms with Crippen LogP contribution in [-0.4, -0.2) is 57.3 Å². The van der Waals surface area contributed by atoms with Crippen molar-refractivity contribution in [1.82, 2.24) is 25.1 Å². The smallest absolute Gasteiger partial charge is 0.238 e. The number of likely N-dealkylation sites (tertiary alicyclic amines) is 1. The van der Waals surface area contributed by atoms with E-state index in [2.05, 4.69) is 15.5 Å². The van der Waals surface area contributed by atoms with Crippen LogP contribution in [0.3, 0.4) is 0 Å². The van der Waals surface area contributed by atoms with Crippen molar-refractivity contribution < 1.29 is 13.2 Å². The molecular formula is C14H23N5O3S. The molecule has 128 valence electrons. The number of piperidine rings is 1. The van der Waals surface area contributed by atoms with Gasteiger partial charge in [-0.1, -0.05) is 0 Å². The van der Waals surface area contributed by atoms with Gasteiger partial charge in [0.05, 0.1) is 6.04 Å². The number of aromatic nitrogens is 4. The maximum Gasteiger partial charge on any atom is 0.238 e. The summed E-state index contributed by atoms with van der Waals surface area (Å²) in [5, 5.41) is 11.2. The number of amides is 1. The van der Waals surface area contributed by atoms with E-state index in [1.54, 1.807) is 9.58 Å². The SMILES string of the molecule is C[C@@H]1CCC[C@H](C)N1C(=O)CS(=O)(=O)Cc1nnnn1C1CC1. The number of nitrogens with zero attached hydrogens (tertiary/aromatic N) is 5. The molecule has 1 aromatic rings. The third-order valence-corrected chi connectivity index (χ3v) is 6.01. The summed E-state index contributed by atoms with van der Waals surface area (Å²) < 4.78 is 26.4. The number of sulfone groups is 1. The Bertz CT molecular complexity index is 672. The van der Waals surface area contributed by atoms with Crippen LogP contribution in [0.25, 0.3) is 0 Å². The lowest BCUT2D eigenvalue weighted by atomic mass is 9.98. The Balaban J connectivity index is 1.68. The van der Waals surface area contributed by atoms with E-state index in [9.17, 15) is 13.2 Å². The summed E-state index contributed by atoms with van der Waals surface area (Å²) in [6.45, 7) is 3.96. The van der Waals surface area contributed by atoms with Crippen molar-refractivity contribution in [3.05, 3.63) is 5.82 Å². The van der Waals surface area contributed by atoms with E-state index >= 15 is 0 Å². The van der Waals surface area contributed by atoms with Crippen molar-refractivity contribution in [2.45, 2.75) is 69.8 Å². The fraction of sp³-hybridized carbons (Fsp3) is 0.857. The standard InChI is InChI=1S/C14H23N5O3S/c1-10-4-3-5-11(2)18(10)14(20)9-23(21,22)8-13-15-16-17-19(13)12-6-7-12/h10-12H,3-9H2,1-2H3/t10-,11+. The maximum absolute atomic E-state index is 12.5. The highest BCUT2D eigenvalue weighted by atomic mass is 32.2. The summed E-state index contributed by atoms with van der Waals surface area (Å²) in [7, 11) is -3.58. The molecule has 23 heavy (non-hydrogen) atoms. The number of tetrazole rings is 1. The lowest BCUT2D eigenvalue weighted by Crippen LogP contribution is -2.49. The molecule has 0 aromatic carbocycles. The van der Waals surface area contributed by atoms with Gasteiger partial charge in [0.2, 0.25) is 5.91 Å². The number of hydrogen-bond donors (Lipinski definition) is 0.